The highest BCUT2D eigenvalue weighted by Crippen LogP contribution is 2.30. The second-order valence-electron chi connectivity index (χ2n) is 10.9. The van der Waals surface area contributed by atoms with Crippen LogP contribution < -0.4 is 27.4 Å². The third-order valence-electron chi connectivity index (χ3n) is 7.58. The summed E-state index contributed by atoms with van der Waals surface area (Å²) in [5.74, 6) is 0.759. The number of aliphatic hydroxyl groups excluding tert-OH is 4. The molecular formula is C26H49N5O9. The van der Waals surface area contributed by atoms with Gasteiger partial charge in [0, 0.05) is 25.0 Å². The van der Waals surface area contributed by atoms with Crippen LogP contribution >= 0.6 is 0 Å². The van der Waals surface area contributed by atoms with Gasteiger partial charge in [0.1, 0.15) is 36.3 Å². The molecule has 1 amide bonds. The number of rotatable bonds is 17. The lowest BCUT2D eigenvalue weighted by molar-refractivity contribution is -0.271. The maximum absolute atomic E-state index is 12.5. The highest BCUT2D eigenvalue weighted by molar-refractivity contribution is 5.81. The number of hydrogen-bond donors (Lipinski definition) is 9. The molecule has 14 heteroatoms. The van der Waals surface area contributed by atoms with Gasteiger partial charge in [-0.1, -0.05) is 0 Å². The van der Waals surface area contributed by atoms with Crippen LogP contribution in [0.2, 0.25) is 0 Å². The van der Waals surface area contributed by atoms with E-state index in [2.05, 4.69) is 16.0 Å². The third kappa shape index (κ3) is 9.56. The van der Waals surface area contributed by atoms with Crippen LogP contribution in [0.4, 0.5) is 0 Å². The van der Waals surface area contributed by atoms with Crippen LogP contribution in [-0.2, 0) is 23.7 Å². The Kier molecular flexibility index (Phi) is 13.5. The van der Waals surface area contributed by atoms with E-state index in [1.165, 1.54) is 12.8 Å². The van der Waals surface area contributed by atoms with E-state index < -0.39 is 67.1 Å². The average Bonchev–Trinajstić information content (AvgIpc) is 3.78. The van der Waals surface area contributed by atoms with Crippen LogP contribution in [0.15, 0.2) is 11.8 Å². The Morgan fingerprint density at radius 2 is 2.00 bits per heavy atom. The molecule has 10 atom stereocenters. The Labute approximate surface area is 235 Å². The molecule has 0 aromatic carbocycles. The van der Waals surface area contributed by atoms with Crippen molar-refractivity contribution < 1.29 is 44.2 Å². The number of likely N-dealkylation sites (N-methyl/N-ethyl adjacent to an activating group) is 1. The minimum atomic E-state index is -1.46. The van der Waals surface area contributed by atoms with Gasteiger partial charge >= 0.3 is 0 Å². The molecule has 3 rings (SSSR count). The zero-order valence-corrected chi connectivity index (χ0v) is 23.5. The van der Waals surface area contributed by atoms with Crippen molar-refractivity contribution in [2.24, 2.45) is 17.4 Å². The second-order valence-corrected chi connectivity index (χ2v) is 10.9. The first-order valence-corrected chi connectivity index (χ1v) is 14.3. The molecule has 0 spiro atoms. The second kappa shape index (κ2) is 16.3. The first-order chi connectivity index (χ1) is 19.2. The van der Waals surface area contributed by atoms with Gasteiger partial charge in [0.15, 0.2) is 12.6 Å². The predicted octanol–water partition coefficient (Wildman–Crippen LogP) is -3.02. The zero-order chi connectivity index (χ0) is 29.2. The smallest absolute Gasteiger partial charge is 0.250 e. The molecule has 0 radical (unpaired) electrons. The Bertz CT molecular complexity index is 805. The molecular weight excluding hydrogens is 526 g/mol. The summed E-state index contributed by atoms with van der Waals surface area (Å²) in [7, 11) is 1.65. The van der Waals surface area contributed by atoms with E-state index in [9.17, 15) is 25.2 Å². The van der Waals surface area contributed by atoms with Crippen LogP contribution in [0, 0.1) is 5.92 Å². The van der Waals surface area contributed by atoms with Crippen molar-refractivity contribution in [2.75, 3.05) is 39.9 Å². The molecule has 2 aliphatic carbocycles. The summed E-state index contributed by atoms with van der Waals surface area (Å²) in [5, 5.41) is 50.5. The fraction of sp³-hybridized carbons (Fsp3) is 0.885. The average molecular weight is 576 g/mol. The molecule has 3 aliphatic rings. The Balaban J connectivity index is 1.73. The van der Waals surface area contributed by atoms with E-state index in [1.54, 1.807) is 14.0 Å². The summed E-state index contributed by atoms with van der Waals surface area (Å²) in [6.45, 7) is 2.49. The topological polar surface area (TPSA) is 223 Å². The Morgan fingerprint density at radius 1 is 1.25 bits per heavy atom. The molecule has 2 fully saturated rings. The van der Waals surface area contributed by atoms with Gasteiger partial charge in [-0.15, -0.1) is 0 Å². The van der Waals surface area contributed by atoms with E-state index in [4.69, 9.17) is 30.4 Å². The fourth-order valence-electron chi connectivity index (χ4n) is 4.83. The summed E-state index contributed by atoms with van der Waals surface area (Å²) in [4.78, 5) is 12.5. The van der Waals surface area contributed by atoms with Crippen molar-refractivity contribution in [3.05, 3.63) is 11.8 Å². The quantitative estimate of drug-likeness (QED) is 0.0789. The van der Waals surface area contributed by atoms with Crippen LogP contribution in [-0.4, -0.2) is 127 Å². The summed E-state index contributed by atoms with van der Waals surface area (Å²) < 4.78 is 23.9. The number of ether oxygens (including phenoxy) is 4. The number of nitrogens with two attached hydrogens (primary N) is 2. The summed E-state index contributed by atoms with van der Waals surface area (Å²) >= 11 is 0. The highest BCUT2D eigenvalue weighted by Gasteiger charge is 2.48. The number of nitrogens with one attached hydrogen (secondary N) is 3. The first kappa shape index (κ1) is 33.1. The van der Waals surface area contributed by atoms with Crippen LogP contribution in [0.3, 0.4) is 0 Å². The lowest BCUT2D eigenvalue weighted by Crippen LogP contribution is -2.67. The molecule has 0 aromatic heterocycles. The van der Waals surface area contributed by atoms with Crippen molar-refractivity contribution >= 4 is 5.91 Å². The summed E-state index contributed by atoms with van der Waals surface area (Å²) in [5.41, 5.74) is 11.9. The van der Waals surface area contributed by atoms with Crippen molar-refractivity contribution in [1.82, 2.24) is 16.0 Å². The number of carbonyl (C=O) groups is 1. The Hall–Kier alpha value is -1.43. The van der Waals surface area contributed by atoms with Gasteiger partial charge in [-0.05, 0) is 58.2 Å². The van der Waals surface area contributed by atoms with Crippen molar-refractivity contribution in [3.63, 3.8) is 0 Å². The molecule has 0 saturated heterocycles. The van der Waals surface area contributed by atoms with E-state index in [-0.39, 0.29) is 26.2 Å². The molecule has 0 bridgehead atoms. The van der Waals surface area contributed by atoms with Gasteiger partial charge in [-0.25, -0.2) is 0 Å². The van der Waals surface area contributed by atoms with Gasteiger partial charge in [0.05, 0.1) is 25.8 Å². The maximum atomic E-state index is 12.5. The SMILES string of the molecule is CN[C@@H](C)[C@@H](O)[C@H](OCCO)O[C@@H]1[C@@H](O)[C@H](O[C@@H]2CCC=C(CNCC3CC3)O2)[C@@H](N)C[C@H]1NC(=O)[C@H](O)CN. The van der Waals surface area contributed by atoms with Gasteiger partial charge in [0.25, 0.3) is 0 Å². The number of hydrogen-bond acceptors (Lipinski definition) is 13. The standard InChI is InChI=1S/C26H49N5O9/c1-14(29-2)21(34)26(37-9-8-32)40-24-18(31-25(36)19(33)11-27)10-17(28)23(22(24)35)39-20-5-3-4-16(38-20)13-30-12-15-6-7-15/h4,14-15,17-24,26,29-30,32-35H,3,5-13,27-28H2,1-2H3,(H,31,36)/t14-,17-,18+,19+,20+,21+,22-,23+,24-,26+/m0/s1. The van der Waals surface area contributed by atoms with Gasteiger partial charge in [-0.3, -0.25) is 4.79 Å². The van der Waals surface area contributed by atoms with E-state index in [0.29, 0.717) is 13.0 Å². The monoisotopic (exact) mass is 575 g/mol. The number of aliphatic hydroxyl groups is 4. The normalized spacial score (nSPS) is 31.9. The van der Waals surface area contributed by atoms with Gasteiger partial charge < -0.3 is 66.8 Å². The Morgan fingerprint density at radius 3 is 2.65 bits per heavy atom. The molecule has 0 unspecified atom stereocenters. The van der Waals surface area contributed by atoms with Crippen LogP contribution in [0.1, 0.15) is 39.0 Å². The lowest BCUT2D eigenvalue weighted by Gasteiger charge is -2.46. The maximum Gasteiger partial charge on any atom is 0.250 e. The van der Waals surface area contributed by atoms with Gasteiger partial charge in [-0.2, -0.15) is 0 Å². The molecule has 40 heavy (non-hydrogen) atoms. The van der Waals surface area contributed by atoms with E-state index in [1.807, 2.05) is 6.08 Å². The van der Waals surface area contributed by atoms with Crippen molar-refractivity contribution in [1.29, 1.82) is 0 Å². The highest BCUT2D eigenvalue weighted by atomic mass is 16.7. The third-order valence-corrected chi connectivity index (χ3v) is 7.58. The first-order valence-electron chi connectivity index (χ1n) is 14.3. The van der Waals surface area contributed by atoms with Crippen LogP contribution in [0.25, 0.3) is 0 Å². The minimum Gasteiger partial charge on any atom is -0.468 e. The van der Waals surface area contributed by atoms with Crippen LogP contribution in [0.5, 0.6) is 0 Å². The minimum absolute atomic E-state index is 0.123. The molecule has 11 N–H and O–H groups in total. The molecule has 1 heterocycles. The molecule has 14 nitrogen and oxygen atoms in total. The number of allylic oxidation sites excluding steroid dienone is 1. The van der Waals surface area contributed by atoms with Gasteiger partial charge in [0.2, 0.25) is 5.91 Å². The zero-order valence-electron chi connectivity index (χ0n) is 23.5. The lowest BCUT2D eigenvalue weighted by atomic mass is 9.83. The molecule has 1 aliphatic heterocycles. The molecule has 2 saturated carbocycles. The summed E-state index contributed by atoms with van der Waals surface area (Å²) in [6, 6.07) is -2.07. The van der Waals surface area contributed by atoms with E-state index >= 15 is 0 Å². The van der Waals surface area contributed by atoms with Crippen molar-refractivity contribution in [2.45, 2.75) is 100 Å². The molecule has 232 valence electrons. The summed E-state index contributed by atoms with van der Waals surface area (Å²) in [6.07, 6.45) is -2.08. The fourth-order valence-corrected chi connectivity index (χ4v) is 4.83. The number of amides is 1. The van der Waals surface area contributed by atoms with E-state index in [0.717, 1.165) is 24.6 Å². The predicted molar refractivity (Wildman–Crippen MR) is 144 cm³/mol. The van der Waals surface area contributed by atoms with Crippen molar-refractivity contribution in [3.8, 4) is 0 Å². The largest absolute Gasteiger partial charge is 0.468 e. The number of carbonyl (C=O) groups excluding carboxylic acids is 1. The molecule has 0 aromatic rings.